The Hall–Kier alpha value is -1.85. The molecule has 3 rings (SSSR count). The summed E-state index contributed by atoms with van der Waals surface area (Å²) in [7, 11) is 0. The summed E-state index contributed by atoms with van der Waals surface area (Å²) in [6.45, 7) is 5.21. The molecule has 138 valence electrons. The van der Waals surface area contributed by atoms with Crippen molar-refractivity contribution in [3.8, 4) is 0 Å². The van der Waals surface area contributed by atoms with E-state index in [9.17, 15) is 9.59 Å². The summed E-state index contributed by atoms with van der Waals surface area (Å²) in [5, 5.41) is 7.43. The first-order chi connectivity index (χ1) is 12.0. The molecule has 6 heteroatoms. The molecule has 1 atom stereocenters. The van der Waals surface area contributed by atoms with Gasteiger partial charge in [-0.3, -0.25) is 14.3 Å². The Labute approximate surface area is 149 Å². The molecule has 1 N–H and O–H groups in total. The van der Waals surface area contributed by atoms with Crippen molar-refractivity contribution in [3.63, 3.8) is 0 Å². The van der Waals surface area contributed by atoms with Gasteiger partial charge in [0.1, 0.15) is 0 Å². The minimum absolute atomic E-state index is 0.00747. The van der Waals surface area contributed by atoms with Gasteiger partial charge in [0.15, 0.2) is 0 Å². The van der Waals surface area contributed by atoms with E-state index >= 15 is 0 Å². The Morgan fingerprint density at radius 2 is 1.96 bits per heavy atom. The van der Waals surface area contributed by atoms with Gasteiger partial charge in [-0.05, 0) is 32.8 Å². The van der Waals surface area contributed by atoms with Gasteiger partial charge >= 0.3 is 0 Å². The fraction of sp³-hybridized carbons (Fsp3) is 0.737. The van der Waals surface area contributed by atoms with E-state index in [-0.39, 0.29) is 17.9 Å². The monoisotopic (exact) mass is 346 g/mol. The first kappa shape index (κ1) is 18.0. The van der Waals surface area contributed by atoms with Crippen molar-refractivity contribution in [2.45, 2.75) is 83.8 Å². The van der Waals surface area contributed by atoms with Gasteiger partial charge in [-0.25, -0.2) is 0 Å². The van der Waals surface area contributed by atoms with Crippen LogP contribution >= 0.6 is 0 Å². The van der Waals surface area contributed by atoms with E-state index in [0.29, 0.717) is 32.0 Å². The van der Waals surface area contributed by atoms with Crippen LogP contribution in [0.15, 0.2) is 6.07 Å². The van der Waals surface area contributed by atoms with Crippen LogP contribution < -0.4 is 5.32 Å². The zero-order valence-corrected chi connectivity index (χ0v) is 15.5. The van der Waals surface area contributed by atoms with Crippen LogP contribution in [0.25, 0.3) is 0 Å². The lowest BCUT2D eigenvalue weighted by Crippen LogP contribution is -2.40. The van der Waals surface area contributed by atoms with Crippen molar-refractivity contribution in [2.75, 3.05) is 6.54 Å². The van der Waals surface area contributed by atoms with Gasteiger partial charge in [-0.2, -0.15) is 5.10 Å². The Kier molecular flexibility index (Phi) is 5.76. The van der Waals surface area contributed by atoms with E-state index in [1.165, 1.54) is 25.7 Å². The molecule has 0 aromatic carbocycles. The molecule has 2 heterocycles. The van der Waals surface area contributed by atoms with E-state index < -0.39 is 0 Å². The number of aryl methyl sites for hydroxylation is 3. The average Bonchev–Trinajstić information content (AvgIpc) is 2.94. The van der Waals surface area contributed by atoms with Crippen molar-refractivity contribution in [1.29, 1.82) is 0 Å². The van der Waals surface area contributed by atoms with E-state index in [1.54, 1.807) is 0 Å². The van der Waals surface area contributed by atoms with Crippen molar-refractivity contribution < 1.29 is 9.59 Å². The van der Waals surface area contributed by atoms with Crippen LogP contribution in [0.1, 0.15) is 62.8 Å². The predicted molar refractivity (Wildman–Crippen MR) is 96.1 cm³/mol. The molecule has 0 spiro atoms. The lowest BCUT2D eigenvalue weighted by atomic mass is 10.1. The van der Waals surface area contributed by atoms with Crippen molar-refractivity contribution in [1.82, 2.24) is 20.0 Å². The summed E-state index contributed by atoms with van der Waals surface area (Å²) in [6.07, 6.45) is 8.07. The van der Waals surface area contributed by atoms with Crippen LogP contribution in [0, 0.1) is 13.8 Å². The third kappa shape index (κ3) is 4.61. The molecule has 1 saturated heterocycles. The summed E-state index contributed by atoms with van der Waals surface area (Å²) in [6, 6.07) is 2.35. The fourth-order valence-corrected chi connectivity index (χ4v) is 4.16. The summed E-state index contributed by atoms with van der Waals surface area (Å²) in [4.78, 5) is 26.6. The van der Waals surface area contributed by atoms with Crippen LogP contribution in [0.2, 0.25) is 0 Å². The molecular weight excluding hydrogens is 316 g/mol. The largest absolute Gasteiger partial charge is 0.351 e. The zero-order valence-electron chi connectivity index (χ0n) is 15.5. The molecule has 1 aromatic heterocycles. The Bertz CT molecular complexity index is 617. The lowest BCUT2D eigenvalue weighted by molar-refractivity contribution is -0.129. The van der Waals surface area contributed by atoms with Gasteiger partial charge in [0, 0.05) is 37.7 Å². The first-order valence-corrected chi connectivity index (χ1v) is 9.63. The number of rotatable bonds is 5. The van der Waals surface area contributed by atoms with E-state index in [4.69, 9.17) is 0 Å². The van der Waals surface area contributed by atoms with Crippen LogP contribution in [0.5, 0.6) is 0 Å². The van der Waals surface area contributed by atoms with Crippen LogP contribution in [-0.4, -0.2) is 45.1 Å². The molecule has 1 unspecified atom stereocenters. The predicted octanol–water partition coefficient (Wildman–Crippen LogP) is 2.33. The molecule has 1 aromatic rings. The maximum Gasteiger partial charge on any atom is 0.225 e. The standard InChI is InChI=1S/C19H30N4O2/c1-14-11-15(2)23(21-14)10-9-18(24)20-16-12-19(25)22(13-16)17-7-5-3-4-6-8-17/h11,16-17H,3-10,12-13H2,1-2H3,(H,20,24). The number of carbonyl (C=O) groups excluding carboxylic acids is 2. The minimum Gasteiger partial charge on any atom is -0.351 e. The van der Waals surface area contributed by atoms with E-state index in [2.05, 4.69) is 10.4 Å². The van der Waals surface area contributed by atoms with E-state index in [1.807, 2.05) is 29.5 Å². The molecule has 2 aliphatic rings. The zero-order chi connectivity index (χ0) is 17.8. The summed E-state index contributed by atoms with van der Waals surface area (Å²) in [5.74, 6) is 0.212. The second-order valence-electron chi connectivity index (χ2n) is 7.56. The second-order valence-corrected chi connectivity index (χ2v) is 7.56. The number of hydrogen-bond acceptors (Lipinski definition) is 3. The number of likely N-dealkylation sites (tertiary alicyclic amines) is 1. The topological polar surface area (TPSA) is 67.2 Å². The highest BCUT2D eigenvalue weighted by atomic mass is 16.2. The molecule has 1 aliphatic carbocycles. The SMILES string of the molecule is Cc1cc(C)n(CCC(=O)NC2CC(=O)N(C3CCCCCC3)C2)n1. The quantitative estimate of drug-likeness (QED) is 0.832. The summed E-state index contributed by atoms with van der Waals surface area (Å²) >= 11 is 0. The Morgan fingerprint density at radius 3 is 2.60 bits per heavy atom. The highest BCUT2D eigenvalue weighted by molar-refractivity contribution is 5.82. The van der Waals surface area contributed by atoms with E-state index in [0.717, 1.165) is 24.2 Å². The second kappa shape index (κ2) is 8.02. The summed E-state index contributed by atoms with van der Waals surface area (Å²) in [5.41, 5.74) is 2.04. The van der Waals surface area contributed by atoms with Gasteiger partial charge in [0.05, 0.1) is 11.7 Å². The third-order valence-corrected chi connectivity index (χ3v) is 5.44. The smallest absolute Gasteiger partial charge is 0.225 e. The Morgan fingerprint density at radius 1 is 1.24 bits per heavy atom. The molecule has 2 fully saturated rings. The van der Waals surface area contributed by atoms with Crippen molar-refractivity contribution in [2.24, 2.45) is 0 Å². The molecule has 1 saturated carbocycles. The number of aromatic nitrogens is 2. The highest BCUT2D eigenvalue weighted by Crippen LogP contribution is 2.25. The maximum absolute atomic E-state index is 12.4. The number of hydrogen-bond donors (Lipinski definition) is 1. The molecule has 0 bridgehead atoms. The number of nitrogens with one attached hydrogen (secondary N) is 1. The van der Waals surface area contributed by atoms with Crippen LogP contribution in [0.4, 0.5) is 0 Å². The number of nitrogens with zero attached hydrogens (tertiary/aromatic N) is 3. The van der Waals surface area contributed by atoms with Gasteiger partial charge < -0.3 is 10.2 Å². The highest BCUT2D eigenvalue weighted by Gasteiger charge is 2.34. The summed E-state index contributed by atoms with van der Waals surface area (Å²) < 4.78 is 1.87. The van der Waals surface area contributed by atoms with Crippen molar-refractivity contribution >= 4 is 11.8 Å². The van der Waals surface area contributed by atoms with Gasteiger partial charge in [-0.1, -0.05) is 25.7 Å². The van der Waals surface area contributed by atoms with Crippen LogP contribution in [0.3, 0.4) is 0 Å². The normalized spacial score (nSPS) is 22.2. The maximum atomic E-state index is 12.4. The molecule has 6 nitrogen and oxygen atoms in total. The molecule has 0 radical (unpaired) electrons. The van der Waals surface area contributed by atoms with Crippen molar-refractivity contribution in [3.05, 3.63) is 17.5 Å². The van der Waals surface area contributed by atoms with Crippen LogP contribution in [-0.2, 0) is 16.1 Å². The molecule has 2 amide bonds. The average molecular weight is 346 g/mol. The van der Waals surface area contributed by atoms with Gasteiger partial charge in [0.25, 0.3) is 0 Å². The number of amides is 2. The molecule has 25 heavy (non-hydrogen) atoms. The Balaban J connectivity index is 1.47. The first-order valence-electron chi connectivity index (χ1n) is 9.63. The number of carbonyl (C=O) groups is 2. The molecule has 1 aliphatic heterocycles. The van der Waals surface area contributed by atoms with Gasteiger partial charge in [-0.15, -0.1) is 0 Å². The third-order valence-electron chi connectivity index (χ3n) is 5.44. The lowest BCUT2D eigenvalue weighted by Gasteiger charge is -2.27. The minimum atomic E-state index is -0.0382. The fourth-order valence-electron chi connectivity index (χ4n) is 4.16. The molecular formula is C19H30N4O2. The van der Waals surface area contributed by atoms with Gasteiger partial charge in [0.2, 0.25) is 11.8 Å².